The van der Waals surface area contributed by atoms with E-state index in [-0.39, 0.29) is 11.9 Å². The third kappa shape index (κ3) is 3.47. The molecule has 0 saturated carbocycles. The third-order valence-corrected chi connectivity index (χ3v) is 3.22. The maximum Gasteiger partial charge on any atom is 0.240 e. The Labute approximate surface area is 109 Å². The molecule has 1 aromatic carbocycles. The highest BCUT2D eigenvalue weighted by Gasteiger charge is 2.27. The maximum atomic E-state index is 11.9. The minimum absolute atomic E-state index is 0.0715. The van der Waals surface area contributed by atoms with Crippen molar-refractivity contribution in [1.82, 2.24) is 5.32 Å². The zero-order valence-corrected chi connectivity index (χ0v) is 11.5. The molecule has 3 N–H and O–H groups in total. The number of nitrogens with one attached hydrogen (secondary N) is 1. The van der Waals surface area contributed by atoms with Gasteiger partial charge in [0.15, 0.2) is 0 Å². The topological polar surface area (TPSA) is 64.4 Å². The fourth-order valence-corrected chi connectivity index (χ4v) is 1.50. The van der Waals surface area contributed by atoms with Crippen molar-refractivity contribution >= 4 is 5.91 Å². The number of carbonyl (C=O) groups is 1. The fraction of sp³-hybridized carbons (Fsp3) is 0.500. The zero-order valence-electron chi connectivity index (χ0n) is 11.5. The Bertz CT molecular complexity index is 399. The lowest BCUT2D eigenvalue weighted by atomic mass is 9.98. The van der Waals surface area contributed by atoms with Gasteiger partial charge in [0, 0.05) is 0 Å². The summed E-state index contributed by atoms with van der Waals surface area (Å²) in [6.07, 6.45) is 0.605. The van der Waals surface area contributed by atoms with Gasteiger partial charge in [-0.25, -0.2) is 0 Å². The van der Waals surface area contributed by atoms with Crippen molar-refractivity contribution in [3.05, 3.63) is 29.8 Å². The Balaban J connectivity index is 2.70. The van der Waals surface area contributed by atoms with Crippen LogP contribution in [0.5, 0.6) is 5.75 Å². The van der Waals surface area contributed by atoms with Crippen LogP contribution >= 0.6 is 0 Å². The number of nitrogens with two attached hydrogens (primary N) is 1. The number of ether oxygens (including phenoxy) is 1. The summed E-state index contributed by atoms with van der Waals surface area (Å²) in [4.78, 5) is 11.9. The Hall–Kier alpha value is -1.55. The van der Waals surface area contributed by atoms with E-state index in [2.05, 4.69) is 5.32 Å². The van der Waals surface area contributed by atoms with E-state index in [9.17, 15) is 4.79 Å². The maximum absolute atomic E-state index is 11.9. The first-order chi connectivity index (χ1) is 8.40. The molecule has 4 nitrogen and oxygen atoms in total. The van der Waals surface area contributed by atoms with Gasteiger partial charge < -0.3 is 15.8 Å². The van der Waals surface area contributed by atoms with Crippen LogP contribution in [-0.4, -0.2) is 18.6 Å². The van der Waals surface area contributed by atoms with Gasteiger partial charge in [0.05, 0.1) is 18.7 Å². The van der Waals surface area contributed by atoms with E-state index in [1.807, 2.05) is 38.1 Å². The molecule has 1 aromatic rings. The molecule has 0 aliphatic rings. The number of amides is 1. The molecule has 0 bridgehead atoms. The second-order valence-electron chi connectivity index (χ2n) is 4.74. The standard InChI is InChI=1S/C14H22N2O2/c1-5-14(3,15)13(17)16-10(2)11-6-8-12(18-4)9-7-11/h6-10H,5,15H2,1-4H3,(H,16,17)/t10-,14?/m0/s1. The molecule has 1 amide bonds. The Morgan fingerprint density at radius 3 is 2.44 bits per heavy atom. The molecule has 0 aliphatic heterocycles. The average Bonchev–Trinajstić information content (AvgIpc) is 2.38. The molecular formula is C14H22N2O2. The van der Waals surface area contributed by atoms with E-state index >= 15 is 0 Å². The first-order valence-corrected chi connectivity index (χ1v) is 6.14. The van der Waals surface area contributed by atoms with Gasteiger partial charge in [-0.1, -0.05) is 19.1 Å². The lowest BCUT2D eigenvalue weighted by molar-refractivity contribution is -0.126. The molecule has 0 saturated heterocycles. The summed E-state index contributed by atoms with van der Waals surface area (Å²) in [6.45, 7) is 5.58. The summed E-state index contributed by atoms with van der Waals surface area (Å²) in [5.41, 5.74) is 6.10. The van der Waals surface area contributed by atoms with E-state index in [0.29, 0.717) is 6.42 Å². The molecule has 4 heteroatoms. The number of rotatable bonds is 5. The van der Waals surface area contributed by atoms with E-state index in [4.69, 9.17) is 10.5 Å². The Morgan fingerprint density at radius 2 is 2.00 bits per heavy atom. The van der Waals surface area contributed by atoms with Crippen LogP contribution in [0.15, 0.2) is 24.3 Å². The highest BCUT2D eigenvalue weighted by molar-refractivity contribution is 5.85. The van der Waals surface area contributed by atoms with Gasteiger partial charge >= 0.3 is 0 Å². The number of benzene rings is 1. The largest absolute Gasteiger partial charge is 0.497 e. The molecule has 0 aliphatic carbocycles. The molecule has 0 radical (unpaired) electrons. The summed E-state index contributed by atoms with van der Waals surface area (Å²) in [6, 6.07) is 7.55. The first-order valence-electron chi connectivity index (χ1n) is 6.14. The molecule has 0 spiro atoms. The summed E-state index contributed by atoms with van der Waals surface area (Å²) >= 11 is 0. The molecular weight excluding hydrogens is 228 g/mol. The normalized spacial score (nSPS) is 15.6. The minimum Gasteiger partial charge on any atom is -0.497 e. The van der Waals surface area contributed by atoms with Crippen LogP contribution in [0, 0.1) is 0 Å². The van der Waals surface area contributed by atoms with E-state index in [1.54, 1.807) is 14.0 Å². The number of carbonyl (C=O) groups excluding carboxylic acids is 1. The molecule has 1 unspecified atom stereocenters. The second kappa shape index (κ2) is 5.87. The van der Waals surface area contributed by atoms with Gasteiger partial charge in [-0.05, 0) is 38.0 Å². The molecule has 18 heavy (non-hydrogen) atoms. The van der Waals surface area contributed by atoms with Crippen LogP contribution in [0.1, 0.15) is 38.8 Å². The van der Waals surface area contributed by atoms with Crippen molar-refractivity contribution in [2.75, 3.05) is 7.11 Å². The molecule has 1 rings (SSSR count). The van der Waals surface area contributed by atoms with Crippen LogP contribution in [0.3, 0.4) is 0 Å². The van der Waals surface area contributed by atoms with E-state index in [1.165, 1.54) is 0 Å². The molecule has 0 aromatic heterocycles. The van der Waals surface area contributed by atoms with Crippen molar-refractivity contribution in [2.45, 2.75) is 38.8 Å². The van der Waals surface area contributed by atoms with Gasteiger partial charge in [0.25, 0.3) is 0 Å². The molecule has 0 heterocycles. The van der Waals surface area contributed by atoms with Gasteiger partial charge in [0.2, 0.25) is 5.91 Å². The Morgan fingerprint density at radius 1 is 1.44 bits per heavy atom. The first kappa shape index (κ1) is 14.5. The predicted octanol–water partition coefficient (Wildman–Crippen LogP) is 2.00. The quantitative estimate of drug-likeness (QED) is 0.840. The van der Waals surface area contributed by atoms with Crippen molar-refractivity contribution < 1.29 is 9.53 Å². The minimum atomic E-state index is -0.819. The van der Waals surface area contributed by atoms with Crippen molar-refractivity contribution in [3.63, 3.8) is 0 Å². The number of methoxy groups -OCH3 is 1. The zero-order chi connectivity index (χ0) is 13.8. The monoisotopic (exact) mass is 250 g/mol. The number of hydrogen-bond acceptors (Lipinski definition) is 3. The lowest BCUT2D eigenvalue weighted by Gasteiger charge is -2.24. The fourth-order valence-electron chi connectivity index (χ4n) is 1.50. The second-order valence-corrected chi connectivity index (χ2v) is 4.74. The summed E-state index contributed by atoms with van der Waals surface area (Å²) < 4.78 is 5.09. The van der Waals surface area contributed by atoms with Crippen LogP contribution in [0.25, 0.3) is 0 Å². The van der Waals surface area contributed by atoms with Crippen LogP contribution in [0.4, 0.5) is 0 Å². The highest BCUT2D eigenvalue weighted by atomic mass is 16.5. The summed E-state index contributed by atoms with van der Waals surface area (Å²) in [7, 11) is 1.63. The van der Waals surface area contributed by atoms with Crippen molar-refractivity contribution in [3.8, 4) is 5.75 Å². The van der Waals surface area contributed by atoms with E-state index in [0.717, 1.165) is 11.3 Å². The SMILES string of the molecule is CCC(C)(N)C(=O)N[C@@H](C)c1ccc(OC)cc1. The predicted molar refractivity (Wildman–Crippen MR) is 72.4 cm³/mol. The third-order valence-electron chi connectivity index (χ3n) is 3.22. The van der Waals surface area contributed by atoms with Gasteiger partial charge in [-0.3, -0.25) is 4.79 Å². The highest BCUT2D eigenvalue weighted by Crippen LogP contribution is 2.18. The summed E-state index contributed by atoms with van der Waals surface area (Å²) in [5, 5.41) is 2.92. The smallest absolute Gasteiger partial charge is 0.240 e. The van der Waals surface area contributed by atoms with Gasteiger partial charge in [-0.15, -0.1) is 0 Å². The number of hydrogen-bond donors (Lipinski definition) is 2. The van der Waals surface area contributed by atoms with Crippen molar-refractivity contribution in [2.24, 2.45) is 5.73 Å². The molecule has 100 valence electrons. The van der Waals surface area contributed by atoms with Crippen LogP contribution in [0.2, 0.25) is 0 Å². The summed E-state index contributed by atoms with van der Waals surface area (Å²) in [5.74, 6) is 0.669. The molecule has 0 fully saturated rings. The molecule has 2 atom stereocenters. The van der Waals surface area contributed by atoms with Crippen LogP contribution < -0.4 is 15.8 Å². The average molecular weight is 250 g/mol. The van der Waals surface area contributed by atoms with Gasteiger partial charge in [0.1, 0.15) is 5.75 Å². The van der Waals surface area contributed by atoms with Crippen molar-refractivity contribution in [1.29, 1.82) is 0 Å². The lowest BCUT2D eigenvalue weighted by Crippen LogP contribution is -2.51. The van der Waals surface area contributed by atoms with E-state index < -0.39 is 5.54 Å². The Kier molecular flexibility index (Phi) is 4.73. The van der Waals surface area contributed by atoms with Crippen LogP contribution in [-0.2, 0) is 4.79 Å². The van der Waals surface area contributed by atoms with Gasteiger partial charge in [-0.2, -0.15) is 0 Å².